The van der Waals surface area contributed by atoms with Gasteiger partial charge >= 0.3 is 0 Å². The molecule has 0 saturated heterocycles. The van der Waals surface area contributed by atoms with Gasteiger partial charge in [-0.3, -0.25) is 9.69 Å². The molecule has 2 aromatic rings. The number of rotatable bonds is 5. The zero-order chi connectivity index (χ0) is 15.4. The van der Waals surface area contributed by atoms with Crippen LogP contribution in [0.4, 0.5) is 0 Å². The third-order valence-corrected chi connectivity index (χ3v) is 3.43. The van der Waals surface area contributed by atoms with Crippen LogP contribution in [0.1, 0.15) is 33.3 Å². The lowest BCUT2D eigenvalue weighted by Gasteiger charge is -2.22. The number of carbonyl (C=O) groups is 1. The highest BCUT2D eigenvalue weighted by atomic mass is 16.3. The molecule has 0 aliphatic heterocycles. The fraction of sp³-hybridized carbons (Fsp3) is 0.353. The summed E-state index contributed by atoms with van der Waals surface area (Å²) in [6.07, 6.45) is 1.65. The number of furan rings is 1. The smallest absolute Gasteiger partial charge is 0.251 e. The van der Waals surface area contributed by atoms with Crippen LogP contribution >= 0.6 is 0 Å². The quantitative estimate of drug-likeness (QED) is 0.919. The van der Waals surface area contributed by atoms with Gasteiger partial charge in [-0.15, -0.1) is 0 Å². The summed E-state index contributed by atoms with van der Waals surface area (Å²) >= 11 is 0. The second-order valence-corrected chi connectivity index (χ2v) is 5.58. The van der Waals surface area contributed by atoms with Gasteiger partial charge in [-0.05, 0) is 52.2 Å². The van der Waals surface area contributed by atoms with E-state index < -0.39 is 0 Å². The molecule has 0 aliphatic rings. The molecular weight excluding hydrogens is 264 g/mol. The van der Waals surface area contributed by atoms with E-state index in [-0.39, 0.29) is 11.9 Å². The minimum Gasteiger partial charge on any atom is -0.468 e. The van der Waals surface area contributed by atoms with Crippen LogP contribution in [0.2, 0.25) is 0 Å². The third kappa shape index (κ3) is 3.95. The maximum Gasteiger partial charge on any atom is 0.251 e. The van der Waals surface area contributed by atoms with E-state index in [0.717, 1.165) is 16.9 Å². The molecule has 4 heteroatoms. The van der Waals surface area contributed by atoms with Crippen molar-refractivity contribution in [2.24, 2.45) is 0 Å². The van der Waals surface area contributed by atoms with E-state index in [1.807, 2.05) is 57.1 Å². The Morgan fingerprint density at radius 2 is 1.90 bits per heavy atom. The Hall–Kier alpha value is -2.07. The fourth-order valence-corrected chi connectivity index (χ4v) is 2.42. The molecule has 1 amide bonds. The molecule has 4 nitrogen and oxygen atoms in total. The van der Waals surface area contributed by atoms with E-state index in [1.165, 1.54) is 0 Å². The van der Waals surface area contributed by atoms with Crippen LogP contribution in [0.15, 0.2) is 41.0 Å². The lowest BCUT2D eigenvalue weighted by molar-refractivity contribution is 0.0939. The Morgan fingerprint density at radius 1 is 1.24 bits per heavy atom. The molecule has 0 spiro atoms. The standard InChI is InChI=1S/C17H22N2O2/c1-12-8-13(2)10-14(9-12)17(20)18-11-15(19(3)4)16-6-5-7-21-16/h5-10,15H,11H2,1-4H3,(H,18,20). The fourth-order valence-electron chi connectivity index (χ4n) is 2.42. The number of nitrogens with zero attached hydrogens (tertiary/aromatic N) is 1. The summed E-state index contributed by atoms with van der Waals surface area (Å²) in [4.78, 5) is 14.3. The van der Waals surface area contributed by atoms with E-state index in [4.69, 9.17) is 4.42 Å². The first-order valence-electron chi connectivity index (χ1n) is 7.03. The predicted molar refractivity (Wildman–Crippen MR) is 83.4 cm³/mol. The van der Waals surface area contributed by atoms with Crippen LogP contribution in [0.25, 0.3) is 0 Å². The van der Waals surface area contributed by atoms with Crippen LogP contribution in [-0.2, 0) is 0 Å². The zero-order valence-corrected chi connectivity index (χ0v) is 13.0. The third-order valence-electron chi connectivity index (χ3n) is 3.43. The van der Waals surface area contributed by atoms with Gasteiger partial charge in [0.1, 0.15) is 5.76 Å². The number of likely N-dealkylation sites (N-methyl/N-ethyl adjacent to an activating group) is 1. The molecule has 1 heterocycles. The van der Waals surface area contributed by atoms with Crippen molar-refractivity contribution in [3.05, 3.63) is 59.0 Å². The Labute approximate surface area is 125 Å². The van der Waals surface area contributed by atoms with Crippen LogP contribution in [0.3, 0.4) is 0 Å². The van der Waals surface area contributed by atoms with Crippen molar-refractivity contribution in [2.45, 2.75) is 19.9 Å². The van der Waals surface area contributed by atoms with Gasteiger partial charge < -0.3 is 9.73 Å². The van der Waals surface area contributed by atoms with Crippen molar-refractivity contribution < 1.29 is 9.21 Å². The van der Waals surface area contributed by atoms with E-state index in [1.54, 1.807) is 6.26 Å². The van der Waals surface area contributed by atoms with Gasteiger partial charge in [0.15, 0.2) is 0 Å². The van der Waals surface area contributed by atoms with Crippen molar-refractivity contribution in [3.63, 3.8) is 0 Å². The first kappa shape index (κ1) is 15.3. The average Bonchev–Trinajstić information content (AvgIpc) is 2.91. The molecule has 2 rings (SSSR count). The predicted octanol–water partition coefficient (Wildman–Crippen LogP) is 2.93. The highest BCUT2D eigenvalue weighted by Crippen LogP contribution is 2.18. The van der Waals surface area contributed by atoms with E-state index in [2.05, 4.69) is 11.4 Å². The van der Waals surface area contributed by atoms with Gasteiger partial charge in [0.25, 0.3) is 5.91 Å². The van der Waals surface area contributed by atoms with E-state index >= 15 is 0 Å². The molecule has 0 aliphatic carbocycles. The number of amides is 1. The molecule has 1 N–H and O–H groups in total. The van der Waals surface area contributed by atoms with Gasteiger partial charge in [-0.25, -0.2) is 0 Å². The highest BCUT2D eigenvalue weighted by molar-refractivity contribution is 5.94. The lowest BCUT2D eigenvalue weighted by atomic mass is 10.1. The average molecular weight is 286 g/mol. The van der Waals surface area contributed by atoms with Crippen molar-refractivity contribution in [1.82, 2.24) is 10.2 Å². The molecule has 1 unspecified atom stereocenters. The van der Waals surface area contributed by atoms with E-state index in [0.29, 0.717) is 12.1 Å². The second kappa shape index (κ2) is 6.59. The molecular formula is C17H22N2O2. The van der Waals surface area contributed by atoms with Gasteiger partial charge in [0.05, 0.1) is 12.3 Å². The Kier molecular flexibility index (Phi) is 4.81. The van der Waals surface area contributed by atoms with Crippen molar-refractivity contribution in [1.29, 1.82) is 0 Å². The van der Waals surface area contributed by atoms with Gasteiger partial charge in [-0.1, -0.05) is 17.2 Å². The molecule has 1 aromatic heterocycles. The topological polar surface area (TPSA) is 45.5 Å². The normalized spacial score (nSPS) is 12.4. The van der Waals surface area contributed by atoms with Crippen LogP contribution in [0.5, 0.6) is 0 Å². The first-order chi connectivity index (χ1) is 9.97. The largest absolute Gasteiger partial charge is 0.468 e. The summed E-state index contributed by atoms with van der Waals surface area (Å²) < 4.78 is 5.44. The maximum absolute atomic E-state index is 12.3. The van der Waals surface area contributed by atoms with Gasteiger partial charge in [0, 0.05) is 12.1 Å². The van der Waals surface area contributed by atoms with Crippen LogP contribution in [-0.4, -0.2) is 31.4 Å². The van der Waals surface area contributed by atoms with Crippen molar-refractivity contribution in [3.8, 4) is 0 Å². The number of aryl methyl sites for hydroxylation is 2. The molecule has 1 aromatic carbocycles. The summed E-state index contributed by atoms with van der Waals surface area (Å²) in [7, 11) is 3.94. The molecule has 1 atom stereocenters. The monoisotopic (exact) mass is 286 g/mol. The van der Waals surface area contributed by atoms with E-state index in [9.17, 15) is 4.79 Å². The first-order valence-corrected chi connectivity index (χ1v) is 7.03. The minimum absolute atomic E-state index is 0.0230. The lowest BCUT2D eigenvalue weighted by Crippen LogP contribution is -2.34. The van der Waals surface area contributed by atoms with Gasteiger partial charge in [0.2, 0.25) is 0 Å². The molecule has 21 heavy (non-hydrogen) atoms. The zero-order valence-electron chi connectivity index (χ0n) is 13.0. The summed E-state index contributed by atoms with van der Waals surface area (Å²) in [6.45, 7) is 4.50. The number of benzene rings is 1. The summed E-state index contributed by atoms with van der Waals surface area (Å²) in [5, 5.41) is 2.98. The molecule has 0 bridgehead atoms. The molecule has 0 saturated carbocycles. The Balaban J connectivity index is 2.05. The molecule has 112 valence electrons. The Bertz CT molecular complexity index is 583. The van der Waals surface area contributed by atoms with Crippen LogP contribution < -0.4 is 5.32 Å². The summed E-state index contributed by atoms with van der Waals surface area (Å²) in [5.74, 6) is 0.793. The maximum atomic E-state index is 12.3. The second-order valence-electron chi connectivity index (χ2n) is 5.58. The molecule has 0 fully saturated rings. The van der Waals surface area contributed by atoms with Crippen molar-refractivity contribution in [2.75, 3.05) is 20.6 Å². The Morgan fingerprint density at radius 3 is 2.43 bits per heavy atom. The van der Waals surface area contributed by atoms with Crippen molar-refractivity contribution >= 4 is 5.91 Å². The summed E-state index contributed by atoms with van der Waals surface area (Å²) in [6, 6.07) is 9.67. The minimum atomic E-state index is -0.0554. The number of nitrogens with one attached hydrogen (secondary N) is 1. The number of hydrogen-bond acceptors (Lipinski definition) is 3. The summed E-state index contributed by atoms with van der Waals surface area (Å²) in [5.41, 5.74) is 2.88. The van der Waals surface area contributed by atoms with Gasteiger partial charge in [-0.2, -0.15) is 0 Å². The number of hydrogen-bond donors (Lipinski definition) is 1. The SMILES string of the molecule is Cc1cc(C)cc(C(=O)NCC(c2ccco2)N(C)C)c1. The molecule has 0 radical (unpaired) electrons. The number of carbonyl (C=O) groups excluding carboxylic acids is 1. The van der Waals surface area contributed by atoms with Crippen LogP contribution in [0, 0.1) is 13.8 Å². The highest BCUT2D eigenvalue weighted by Gasteiger charge is 2.18.